The standard InChI is InChI=1S/C19H25N7O/c1-14-13-15(2)25(22-14)18-8-7-16-20-21-17(26(16)23-18)9-10-19(27)24-11-5-3-4-6-12-24/h7-8,13H,3-6,9-12H2,1-2H3. The molecule has 4 heterocycles. The van der Waals surface area contributed by atoms with Gasteiger partial charge in [-0.1, -0.05) is 12.8 Å². The molecular formula is C19H25N7O. The minimum absolute atomic E-state index is 0.198. The lowest BCUT2D eigenvalue weighted by molar-refractivity contribution is -0.131. The first kappa shape index (κ1) is 17.6. The van der Waals surface area contributed by atoms with E-state index in [1.54, 1.807) is 9.20 Å². The van der Waals surface area contributed by atoms with Gasteiger partial charge in [-0.05, 0) is 44.9 Å². The maximum absolute atomic E-state index is 12.6. The average molecular weight is 367 g/mol. The smallest absolute Gasteiger partial charge is 0.223 e. The number of carbonyl (C=O) groups is 1. The molecule has 1 saturated heterocycles. The molecule has 4 rings (SSSR count). The van der Waals surface area contributed by atoms with Crippen LogP contribution in [0, 0.1) is 13.8 Å². The molecule has 27 heavy (non-hydrogen) atoms. The van der Waals surface area contributed by atoms with Crippen LogP contribution in [0.5, 0.6) is 0 Å². The Labute approximate surface area is 158 Å². The van der Waals surface area contributed by atoms with E-state index in [1.165, 1.54) is 12.8 Å². The molecule has 3 aromatic rings. The fraction of sp³-hybridized carbons (Fsp3) is 0.526. The quantitative estimate of drug-likeness (QED) is 0.706. The molecule has 1 aliphatic heterocycles. The van der Waals surface area contributed by atoms with Crippen LogP contribution in [-0.2, 0) is 11.2 Å². The number of hydrogen-bond donors (Lipinski definition) is 0. The molecule has 0 aromatic carbocycles. The van der Waals surface area contributed by atoms with Crippen LogP contribution in [0.15, 0.2) is 18.2 Å². The van der Waals surface area contributed by atoms with E-state index >= 15 is 0 Å². The van der Waals surface area contributed by atoms with Crippen LogP contribution >= 0.6 is 0 Å². The van der Waals surface area contributed by atoms with Crippen molar-refractivity contribution in [2.75, 3.05) is 13.1 Å². The topological polar surface area (TPSA) is 81.2 Å². The molecule has 1 fully saturated rings. The number of aryl methyl sites for hydroxylation is 3. The molecule has 0 saturated carbocycles. The molecule has 142 valence electrons. The zero-order valence-corrected chi connectivity index (χ0v) is 15.9. The van der Waals surface area contributed by atoms with Gasteiger partial charge in [0.25, 0.3) is 0 Å². The number of amides is 1. The number of rotatable bonds is 4. The molecule has 0 radical (unpaired) electrons. The van der Waals surface area contributed by atoms with Crippen molar-refractivity contribution in [1.82, 2.24) is 34.5 Å². The average Bonchev–Trinajstić information content (AvgIpc) is 3.09. The van der Waals surface area contributed by atoms with Crippen LogP contribution in [0.2, 0.25) is 0 Å². The van der Waals surface area contributed by atoms with Gasteiger partial charge in [0.15, 0.2) is 17.3 Å². The van der Waals surface area contributed by atoms with E-state index in [2.05, 4.69) is 20.4 Å². The third kappa shape index (κ3) is 3.70. The Morgan fingerprint density at radius 1 is 1.04 bits per heavy atom. The van der Waals surface area contributed by atoms with E-state index in [0.29, 0.717) is 30.1 Å². The Kier molecular flexibility index (Phi) is 4.87. The fourth-order valence-electron chi connectivity index (χ4n) is 3.65. The second-order valence-electron chi connectivity index (χ2n) is 7.21. The summed E-state index contributed by atoms with van der Waals surface area (Å²) in [5.41, 5.74) is 2.64. The van der Waals surface area contributed by atoms with E-state index in [-0.39, 0.29) is 5.91 Å². The highest BCUT2D eigenvalue weighted by atomic mass is 16.2. The molecule has 0 N–H and O–H groups in total. The summed E-state index contributed by atoms with van der Waals surface area (Å²) in [7, 11) is 0. The highest BCUT2D eigenvalue weighted by Crippen LogP contribution is 2.14. The predicted molar refractivity (Wildman–Crippen MR) is 101 cm³/mol. The molecule has 3 aromatic heterocycles. The van der Waals surface area contributed by atoms with Gasteiger partial charge in [-0.15, -0.1) is 15.3 Å². The van der Waals surface area contributed by atoms with Crippen molar-refractivity contribution >= 4 is 11.6 Å². The number of nitrogens with zero attached hydrogens (tertiary/aromatic N) is 7. The molecule has 1 amide bonds. The van der Waals surface area contributed by atoms with Crippen LogP contribution < -0.4 is 0 Å². The van der Waals surface area contributed by atoms with Crippen LogP contribution in [0.1, 0.15) is 49.3 Å². The Bertz CT molecular complexity index is 950. The molecule has 1 aliphatic rings. The number of hydrogen-bond acceptors (Lipinski definition) is 5. The monoisotopic (exact) mass is 367 g/mol. The number of fused-ring (bicyclic) bond motifs is 1. The zero-order valence-electron chi connectivity index (χ0n) is 15.9. The molecule has 8 heteroatoms. The van der Waals surface area contributed by atoms with Crippen molar-refractivity contribution in [1.29, 1.82) is 0 Å². The second kappa shape index (κ2) is 7.46. The van der Waals surface area contributed by atoms with Gasteiger partial charge in [0.05, 0.1) is 5.69 Å². The van der Waals surface area contributed by atoms with Gasteiger partial charge in [0, 0.05) is 31.6 Å². The molecule has 0 aliphatic carbocycles. The normalized spacial score (nSPS) is 15.3. The lowest BCUT2D eigenvalue weighted by Gasteiger charge is -2.19. The van der Waals surface area contributed by atoms with Crippen molar-refractivity contribution in [2.24, 2.45) is 0 Å². The van der Waals surface area contributed by atoms with Gasteiger partial charge < -0.3 is 4.90 Å². The van der Waals surface area contributed by atoms with Crippen molar-refractivity contribution in [3.05, 3.63) is 35.4 Å². The number of carbonyl (C=O) groups excluding carboxylic acids is 1. The molecular weight excluding hydrogens is 342 g/mol. The Morgan fingerprint density at radius 2 is 1.81 bits per heavy atom. The summed E-state index contributed by atoms with van der Waals surface area (Å²) in [5.74, 6) is 1.62. The highest BCUT2D eigenvalue weighted by molar-refractivity contribution is 5.76. The van der Waals surface area contributed by atoms with Gasteiger partial charge in [0.1, 0.15) is 0 Å². The number of aromatic nitrogens is 6. The van der Waals surface area contributed by atoms with Crippen LogP contribution in [0.3, 0.4) is 0 Å². The molecule has 0 bridgehead atoms. The van der Waals surface area contributed by atoms with Crippen LogP contribution in [0.4, 0.5) is 0 Å². The summed E-state index contributed by atoms with van der Waals surface area (Å²) in [4.78, 5) is 14.5. The van der Waals surface area contributed by atoms with Crippen molar-refractivity contribution in [2.45, 2.75) is 52.4 Å². The first-order valence-corrected chi connectivity index (χ1v) is 9.64. The van der Waals surface area contributed by atoms with E-state index in [4.69, 9.17) is 0 Å². The van der Waals surface area contributed by atoms with Gasteiger partial charge in [-0.25, -0.2) is 4.68 Å². The summed E-state index contributed by atoms with van der Waals surface area (Å²) >= 11 is 0. The summed E-state index contributed by atoms with van der Waals surface area (Å²) in [6.45, 7) is 5.71. The molecule has 8 nitrogen and oxygen atoms in total. The summed E-state index contributed by atoms with van der Waals surface area (Å²) in [6, 6.07) is 5.78. The fourth-order valence-corrected chi connectivity index (χ4v) is 3.65. The van der Waals surface area contributed by atoms with Crippen molar-refractivity contribution in [3.8, 4) is 5.82 Å². The SMILES string of the molecule is Cc1cc(C)n(-c2ccc3nnc(CCC(=O)N4CCCCCC4)n3n2)n1. The van der Waals surface area contributed by atoms with E-state index < -0.39 is 0 Å². The first-order chi connectivity index (χ1) is 13.1. The van der Waals surface area contributed by atoms with E-state index in [0.717, 1.165) is 37.3 Å². The lowest BCUT2D eigenvalue weighted by atomic mass is 10.2. The van der Waals surface area contributed by atoms with Gasteiger partial charge in [-0.3, -0.25) is 4.79 Å². The minimum Gasteiger partial charge on any atom is -0.343 e. The second-order valence-corrected chi connectivity index (χ2v) is 7.21. The van der Waals surface area contributed by atoms with Gasteiger partial charge >= 0.3 is 0 Å². The molecule has 0 spiro atoms. The molecule has 0 atom stereocenters. The van der Waals surface area contributed by atoms with E-state index in [9.17, 15) is 4.79 Å². The minimum atomic E-state index is 0.198. The summed E-state index contributed by atoms with van der Waals surface area (Å²) in [5, 5.41) is 17.6. The van der Waals surface area contributed by atoms with E-state index in [1.807, 2.05) is 36.9 Å². The Hall–Kier alpha value is -2.77. The van der Waals surface area contributed by atoms with Gasteiger partial charge in [-0.2, -0.15) is 9.61 Å². The first-order valence-electron chi connectivity index (χ1n) is 9.64. The number of likely N-dealkylation sites (tertiary alicyclic amines) is 1. The maximum atomic E-state index is 12.6. The predicted octanol–water partition coefficient (Wildman–Crippen LogP) is 2.26. The van der Waals surface area contributed by atoms with Crippen LogP contribution in [0.25, 0.3) is 11.5 Å². The van der Waals surface area contributed by atoms with Crippen molar-refractivity contribution < 1.29 is 4.79 Å². The van der Waals surface area contributed by atoms with Gasteiger partial charge in [0.2, 0.25) is 5.91 Å². The third-order valence-electron chi connectivity index (χ3n) is 5.06. The molecule has 0 unspecified atom stereocenters. The van der Waals surface area contributed by atoms with Crippen molar-refractivity contribution in [3.63, 3.8) is 0 Å². The zero-order chi connectivity index (χ0) is 18.8. The largest absolute Gasteiger partial charge is 0.343 e. The summed E-state index contributed by atoms with van der Waals surface area (Å²) < 4.78 is 3.53. The Balaban J connectivity index is 1.52. The summed E-state index contributed by atoms with van der Waals surface area (Å²) in [6.07, 6.45) is 5.62. The third-order valence-corrected chi connectivity index (χ3v) is 5.06. The maximum Gasteiger partial charge on any atom is 0.223 e. The highest BCUT2D eigenvalue weighted by Gasteiger charge is 2.17. The van der Waals surface area contributed by atoms with Crippen LogP contribution in [-0.4, -0.2) is 53.5 Å². The Morgan fingerprint density at radius 3 is 2.52 bits per heavy atom. The lowest BCUT2D eigenvalue weighted by Crippen LogP contribution is -2.32.